The molecule has 1 N–H and O–H groups in total. The Bertz CT molecular complexity index is 554. The van der Waals surface area contributed by atoms with Crippen LogP contribution in [0.5, 0.6) is 0 Å². The van der Waals surface area contributed by atoms with Crippen LogP contribution in [0.15, 0.2) is 27.8 Å². The molecule has 0 aromatic carbocycles. The molecular formula is C21H36IN3O2. The van der Waals surface area contributed by atoms with Gasteiger partial charge in [-0.15, -0.1) is 24.0 Å². The summed E-state index contributed by atoms with van der Waals surface area (Å²) in [5.74, 6) is 2.67. The van der Waals surface area contributed by atoms with Crippen molar-refractivity contribution in [1.82, 2.24) is 10.2 Å². The molecule has 2 aliphatic rings. The van der Waals surface area contributed by atoms with Crippen molar-refractivity contribution in [3.05, 3.63) is 24.2 Å². The van der Waals surface area contributed by atoms with Gasteiger partial charge in [0.2, 0.25) is 0 Å². The summed E-state index contributed by atoms with van der Waals surface area (Å²) >= 11 is 0. The summed E-state index contributed by atoms with van der Waals surface area (Å²) in [5.41, 5.74) is 0.410. The molecule has 0 aliphatic carbocycles. The van der Waals surface area contributed by atoms with Crippen LogP contribution in [0.2, 0.25) is 0 Å². The molecule has 1 aromatic heterocycles. The van der Waals surface area contributed by atoms with Crippen LogP contribution in [0, 0.1) is 11.3 Å². The van der Waals surface area contributed by atoms with E-state index in [0.29, 0.717) is 11.3 Å². The molecule has 154 valence electrons. The Morgan fingerprint density at radius 1 is 1.44 bits per heavy atom. The number of likely N-dealkylation sites (tertiary alicyclic amines) is 1. The van der Waals surface area contributed by atoms with E-state index in [1.807, 2.05) is 12.1 Å². The zero-order valence-electron chi connectivity index (χ0n) is 16.9. The van der Waals surface area contributed by atoms with Crippen LogP contribution in [0.1, 0.15) is 51.7 Å². The van der Waals surface area contributed by atoms with Gasteiger partial charge in [-0.3, -0.25) is 4.99 Å². The predicted octanol–water partition coefficient (Wildman–Crippen LogP) is 4.32. The maximum atomic E-state index is 5.51. The summed E-state index contributed by atoms with van der Waals surface area (Å²) < 4.78 is 11.0. The van der Waals surface area contributed by atoms with E-state index in [9.17, 15) is 0 Å². The van der Waals surface area contributed by atoms with E-state index < -0.39 is 0 Å². The summed E-state index contributed by atoms with van der Waals surface area (Å²) in [6.07, 6.45) is 8.89. The van der Waals surface area contributed by atoms with Gasteiger partial charge in [0.25, 0.3) is 0 Å². The van der Waals surface area contributed by atoms with Crippen LogP contribution < -0.4 is 5.32 Å². The molecule has 3 heterocycles. The van der Waals surface area contributed by atoms with Gasteiger partial charge < -0.3 is 19.4 Å². The first-order valence-corrected chi connectivity index (χ1v) is 10.3. The minimum Gasteiger partial charge on any atom is -0.469 e. The number of furan rings is 1. The molecule has 2 saturated heterocycles. The number of rotatable bonds is 7. The topological polar surface area (TPSA) is 50.0 Å². The maximum Gasteiger partial charge on any atom is 0.193 e. The Balaban J connectivity index is 0.00000261. The van der Waals surface area contributed by atoms with Crippen LogP contribution in [0.25, 0.3) is 0 Å². The molecule has 2 unspecified atom stereocenters. The van der Waals surface area contributed by atoms with E-state index in [2.05, 4.69) is 24.1 Å². The van der Waals surface area contributed by atoms with Gasteiger partial charge in [-0.25, -0.2) is 0 Å². The lowest BCUT2D eigenvalue weighted by Crippen LogP contribution is -2.50. The Kier molecular flexibility index (Phi) is 9.42. The highest BCUT2D eigenvalue weighted by Gasteiger charge is 2.31. The molecule has 0 spiro atoms. The Labute approximate surface area is 181 Å². The van der Waals surface area contributed by atoms with Crippen LogP contribution in [0.4, 0.5) is 0 Å². The van der Waals surface area contributed by atoms with Crippen molar-refractivity contribution < 1.29 is 9.15 Å². The van der Waals surface area contributed by atoms with Crippen LogP contribution in [0.3, 0.4) is 0 Å². The number of ether oxygens (including phenoxy) is 1. The van der Waals surface area contributed by atoms with Gasteiger partial charge in [-0.1, -0.05) is 20.3 Å². The molecule has 2 atom stereocenters. The van der Waals surface area contributed by atoms with Gasteiger partial charge in [-0.05, 0) is 43.2 Å². The predicted molar refractivity (Wildman–Crippen MR) is 121 cm³/mol. The van der Waals surface area contributed by atoms with E-state index in [1.54, 1.807) is 6.26 Å². The smallest absolute Gasteiger partial charge is 0.193 e. The molecular weight excluding hydrogens is 453 g/mol. The molecule has 3 rings (SSSR count). The van der Waals surface area contributed by atoms with Gasteiger partial charge in [-0.2, -0.15) is 0 Å². The van der Waals surface area contributed by atoms with E-state index in [4.69, 9.17) is 14.1 Å². The third-order valence-corrected chi connectivity index (χ3v) is 5.69. The van der Waals surface area contributed by atoms with Gasteiger partial charge in [0, 0.05) is 45.1 Å². The third-order valence-electron chi connectivity index (χ3n) is 5.69. The van der Waals surface area contributed by atoms with Crippen molar-refractivity contribution in [2.24, 2.45) is 16.3 Å². The first-order chi connectivity index (χ1) is 12.7. The van der Waals surface area contributed by atoms with Crippen molar-refractivity contribution in [3.63, 3.8) is 0 Å². The largest absolute Gasteiger partial charge is 0.469 e. The minimum absolute atomic E-state index is 0. The zero-order chi connectivity index (χ0) is 18.2. The van der Waals surface area contributed by atoms with E-state index >= 15 is 0 Å². The van der Waals surface area contributed by atoms with Crippen molar-refractivity contribution in [1.29, 1.82) is 0 Å². The Hall–Kier alpha value is -0.760. The number of piperidine rings is 1. The van der Waals surface area contributed by atoms with Crippen molar-refractivity contribution in [2.45, 2.75) is 52.4 Å². The molecule has 0 amide bonds. The molecule has 27 heavy (non-hydrogen) atoms. The molecule has 0 bridgehead atoms. The average Bonchev–Trinajstić information content (AvgIpc) is 3.31. The number of nitrogens with one attached hydrogen (secondary N) is 1. The number of hydrogen-bond acceptors (Lipinski definition) is 3. The summed E-state index contributed by atoms with van der Waals surface area (Å²) in [6, 6.07) is 3.98. The second-order valence-corrected chi connectivity index (χ2v) is 8.24. The summed E-state index contributed by atoms with van der Waals surface area (Å²) in [7, 11) is 0. The van der Waals surface area contributed by atoms with Crippen molar-refractivity contribution >= 4 is 29.9 Å². The number of halogens is 1. The highest BCUT2D eigenvalue weighted by atomic mass is 127. The van der Waals surface area contributed by atoms with Crippen molar-refractivity contribution in [3.8, 4) is 0 Å². The Morgan fingerprint density at radius 2 is 2.33 bits per heavy atom. The van der Waals surface area contributed by atoms with Gasteiger partial charge in [0.05, 0.1) is 12.9 Å². The normalized spacial score (nSPS) is 26.1. The third kappa shape index (κ3) is 6.97. The van der Waals surface area contributed by atoms with E-state index in [1.165, 1.54) is 25.7 Å². The fourth-order valence-corrected chi connectivity index (χ4v) is 4.27. The fraction of sp³-hybridized carbons (Fsp3) is 0.762. The standard InChI is InChI=1S/C21H35N3O2.HI/c1-3-9-21(2)10-5-12-24(17-21)20(23-15-18-8-14-25-16-18)22-11-7-19-6-4-13-26-19;/h4,6,13,18H,3,5,7-12,14-17H2,1-2H3,(H,22,23);1H. The second-order valence-electron chi connectivity index (χ2n) is 8.24. The van der Waals surface area contributed by atoms with Gasteiger partial charge in [0.1, 0.15) is 5.76 Å². The molecule has 2 fully saturated rings. The van der Waals surface area contributed by atoms with Crippen LogP contribution >= 0.6 is 24.0 Å². The quantitative estimate of drug-likeness (QED) is 0.352. The summed E-state index contributed by atoms with van der Waals surface area (Å²) in [6.45, 7) is 10.4. The number of guanidine groups is 1. The summed E-state index contributed by atoms with van der Waals surface area (Å²) in [4.78, 5) is 7.48. The number of hydrogen-bond donors (Lipinski definition) is 1. The van der Waals surface area contributed by atoms with Crippen molar-refractivity contribution in [2.75, 3.05) is 39.4 Å². The lowest BCUT2D eigenvalue weighted by Gasteiger charge is -2.42. The molecule has 5 nitrogen and oxygen atoms in total. The number of nitrogens with zero attached hydrogens (tertiary/aromatic N) is 2. The molecule has 0 radical (unpaired) electrons. The van der Waals surface area contributed by atoms with Crippen LogP contribution in [-0.4, -0.2) is 50.3 Å². The zero-order valence-corrected chi connectivity index (χ0v) is 19.2. The lowest BCUT2D eigenvalue weighted by atomic mass is 9.78. The Morgan fingerprint density at radius 3 is 3.04 bits per heavy atom. The number of aliphatic imine (C=N–C) groups is 1. The second kappa shape index (κ2) is 11.3. The highest BCUT2D eigenvalue weighted by Crippen LogP contribution is 2.34. The fourth-order valence-electron chi connectivity index (χ4n) is 4.27. The SMILES string of the molecule is CCCC1(C)CCCN(C(=NCC2CCOC2)NCCc2ccco2)C1.I. The molecule has 6 heteroatoms. The van der Waals surface area contributed by atoms with E-state index in [0.717, 1.165) is 64.0 Å². The van der Waals surface area contributed by atoms with Gasteiger partial charge in [0.15, 0.2) is 5.96 Å². The molecule has 0 saturated carbocycles. The summed E-state index contributed by atoms with van der Waals surface area (Å²) in [5, 5.41) is 3.61. The molecule has 1 aromatic rings. The van der Waals surface area contributed by atoms with Gasteiger partial charge >= 0.3 is 0 Å². The first-order valence-electron chi connectivity index (χ1n) is 10.3. The van der Waals surface area contributed by atoms with Crippen LogP contribution in [-0.2, 0) is 11.2 Å². The maximum absolute atomic E-state index is 5.51. The molecule has 2 aliphatic heterocycles. The first kappa shape index (κ1) is 22.5. The highest BCUT2D eigenvalue weighted by molar-refractivity contribution is 14.0. The van der Waals surface area contributed by atoms with E-state index in [-0.39, 0.29) is 24.0 Å². The lowest BCUT2D eigenvalue weighted by molar-refractivity contribution is 0.142. The monoisotopic (exact) mass is 489 g/mol. The minimum atomic E-state index is 0. The average molecular weight is 489 g/mol.